The fourth-order valence-corrected chi connectivity index (χ4v) is 3.01. The zero-order valence-corrected chi connectivity index (χ0v) is 12.5. The summed E-state index contributed by atoms with van der Waals surface area (Å²) in [6, 6.07) is -0.332. The molecular weight excluding hydrogens is 256 g/mol. The average Bonchev–Trinajstić information content (AvgIpc) is 3.20. The Morgan fingerprint density at radius 3 is 2.25 bits per heavy atom. The van der Waals surface area contributed by atoms with E-state index in [0.717, 1.165) is 32.1 Å². The van der Waals surface area contributed by atoms with Gasteiger partial charge in [-0.1, -0.05) is 13.8 Å². The predicted octanol–water partition coefficient (Wildman–Crippen LogP) is 2.51. The van der Waals surface area contributed by atoms with Gasteiger partial charge in [-0.3, -0.25) is 0 Å². The molecule has 0 saturated heterocycles. The number of nitrogens with one attached hydrogen (secondary N) is 2. The van der Waals surface area contributed by atoms with Gasteiger partial charge in [0.15, 0.2) is 0 Å². The van der Waals surface area contributed by atoms with E-state index in [1.807, 2.05) is 0 Å². The Balaban J connectivity index is 1.88. The maximum atomic E-state index is 12.0. The van der Waals surface area contributed by atoms with Crippen molar-refractivity contribution in [3.8, 4) is 0 Å². The summed E-state index contributed by atoms with van der Waals surface area (Å²) in [5.74, 6) is -0.363. The van der Waals surface area contributed by atoms with Crippen LogP contribution in [0.2, 0.25) is 0 Å². The molecule has 2 rings (SSSR count). The summed E-state index contributed by atoms with van der Waals surface area (Å²) in [6.45, 7) is 4.92. The average molecular weight is 282 g/mol. The van der Waals surface area contributed by atoms with Crippen LogP contribution in [-0.2, 0) is 4.79 Å². The van der Waals surface area contributed by atoms with Crippen LogP contribution < -0.4 is 10.6 Å². The van der Waals surface area contributed by atoms with Crippen LogP contribution in [0.25, 0.3) is 0 Å². The Morgan fingerprint density at radius 1 is 1.20 bits per heavy atom. The molecule has 0 unspecified atom stereocenters. The van der Waals surface area contributed by atoms with E-state index < -0.39 is 11.5 Å². The second-order valence-electron chi connectivity index (χ2n) is 6.73. The van der Waals surface area contributed by atoms with Crippen LogP contribution in [0.4, 0.5) is 4.79 Å². The van der Waals surface area contributed by atoms with Crippen LogP contribution in [0, 0.1) is 11.3 Å². The molecule has 0 aliphatic heterocycles. The van der Waals surface area contributed by atoms with Gasteiger partial charge < -0.3 is 15.7 Å². The summed E-state index contributed by atoms with van der Waals surface area (Å²) in [6.07, 6.45) is 6.13. The molecule has 0 aromatic carbocycles. The van der Waals surface area contributed by atoms with E-state index in [1.54, 1.807) is 0 Å². The Kier molecular flexibility index (Phi) is 4.25. The summed E-state index contributed by atoms with van der Waals surface area (Å²) in [4.78, 5) is 23.6. The Hall–Kier alpha value is -1.26. The first-order valence-corrected chi connectivity index (χ1v) is 7.71. The van der Waals surface area contributed by atoms with Crippen molar-refractivity contribution < 1.29 is 14.7 Å². The molecule has 2 aliphatic rings. The predicted molar refractivity (Wildman–Crippen MR) is 76.5 cm³/mol. The maximum absolute atomic E-state index is 12.0. The van der Waals surface area contributed by atoms with Gasteiger partial charge in [-0.2, -0.15) is 0 Å². The molecular formula is C15H26N2O3. The van der Waals surface area contributed by atoms with Crippen molar-refractivity contribution in [1.82, 2.24) is 10.6 Å². The van der Waals surface area contributed by atoms with E-state index in [0.29, 0.717) is 25.3 Å². The van der Waals surface area contributed by atoms with Crippen LogP contribution in [0.15, 0.2) is 0 Å². The van der Waals surface area contributed by atoms with E-state index in [1.165, 1.54) is 0 Å². The third kappa shape index (κ3) is 3.25. The highest BCUT2D eigenvalue weighted by Gasteiger charge is 2.44. The molecule has 2 fully saturated rings. The standard InChI is InChI=1S/C15H26N2O3/c1-3-14(8-9-14)10-16-13(20)17-15(12(18)19)6-4-11(2)5-7-15/h11H,3-10H2,1-2H3,(H,18,19)(H2,16,17,20). The molecule has 20 heavy (non-hydrogen) atoms. The van der Waals surface area contributed by atoms with E-state index >= 15 is 0 Å². The zero-order chi connectivity index (χ0) is 14.8. The smallest absolute Gasteiger partial charge is 0.329 e. The van der Waals surface area contributed by atoms with Crippen molar-refractivity contribution in [2.75, 3.05) is 6.54 Å². The SMILES string of the molecule is CCC1(CNC(=O)NC2(C(=O)O)CCC(C)CC2)CC1. The highest BCUT2D eigenvalue weighted by molar-refractivity contribution is 5.86. The fourth-order valence-electron chi connectivity index (χ4n) is 3.01. The summed E-state index contributed by atoms with van der Waals surface area (Å²) in [7, 11) is 0. The number of carbonyl (C=O) groups is 2. The van der Waals surface area contributed by atoms with E-state index in [9.17, 15) is 14.7 Å². The third-order valence-electron chi connectivity index (χ3n) is 5.22. The van der Waals surface area contributed by atoms with Crippen LogP contribution >= 0.6 is 0 Å². The second kappa shape index (κ2) is 5.62. The van der Waals surface area contributed by atoms with E-state index in [4.69, 9.17) is 0 Å². The molecule has 0 atom stereocenters. The first kappa shape index (κ1) is 15.1. The summed E-state index contributed by atoms with van der Waals surface area (Å²) < 4.78 is 0. The van der Waals surface area contributed by atoms with Gasteiger partial charge in [-0.25, -0.2) is 9.59 Å². The van der Waals surface area contributed by atoms with Gasteiger partial charge in [-0.05, 0) is 56.3 Å². The number of rotatable bonds is 5. The molecule has 0 aromatic heterocycles. The van der Waals surface area contributed by atoms with Gasteiger partial charge in [0.25, 0.3) is 0 Å². The van der Waals surface area contributed by atoms with Crippen molar-refractivity contribution in [1.29, 1.82) is 0 Å². The van der Waals surface area contributed by atoms with Crippen molar-refractivity contribution in [2.24, 2.45) is 11.3 Å². The number of aliphatic carboxylic acids is 1. The topological polar surface area (TPSA) is 78.4 Å². The summed E-state index contributed by atoms with van der Waals surface area (Å²) >= 11 is 0. The van der Waals surface area contributed by atoms with Crippen molar-refractivity contribution >= 4 is 12.0 Å². The Labute approximate surface area is 120 Å². The minimum Gasteiger partial charge on any atom is -0.480 e. The molecule has 0 bridgehead atoms. The number of urea groups is 1. The molecule has 5 nitrogen and oxygen atoms in total. The maximum Gasteiger partial charge on any atom is 0.329 e. The number of amides is 2. The Bertz CT molecular complexity index is 383. The van der Waals surface area contributed by atoms with Gasteiger partial charge in [0, 0.05) is 6.54 Å². The third-order valence-corrected chi connectivity index (χ3v) is 5.22. The second-order valence-corrected chi connectivity index (χ2v) is 6.73. The molecule has 114 valence electrons. The molecule has 0 radical (unpaired) electrons. The lowest BCUT2D eigenvalue weighted by atomic mass is 9.77. The summed E-state index contributed by atoms with van der Waals surface area (Å²) in [5.41, 5.74) is -0.797. The monoisotopic (exact) mass is 282 g/mol. The van der Waals surface area contributed by atoms with Gasteiger partial charge >= 0.3 is 12.0 Å². The zero-order valence-electron chi connectivity index (χ0n) is 12.5. The normalized spacial score (nSPS) is 31.4. The minimum atomic E-state index is -1.07. The van der Waals surface area contributed by atoms with Crippen LogP contribution in [-0.4, -0.2) is 29.2 Å². The number of carboxylic acids is 1. The summed E-state index contributed by atoms with van der Waals surface area (Å²) in [5, 5.41) is 15.1. The number of carboxylic acid groups (broad SMARTS) is 1. The van der Waals surface area contributed by atoms with Gasteiger partial charge in [0.1, 0.15) is 5.54 Å². The van der Waals surface area contributed by atoms with Crippen molar-refractivity contribution in [3.05, 3.63) is 0 Å². The van der Waals surface area contributed by atoms with Gasteiger partial charge in [0.05, 0.1) is 0 Å². The van der Waals surface area contributed by atoms with Gasteiger partial charge in [-0.15, -0.1) is 0 Å². The highest BCUT2D eigenvalue weighted by Crippen LogP contribution is 2.47. The molecule has 3 N–H and O–H groups in total. The molecule has 5 heteroatoms. The largest absolute Gasteiger partial charge is 0.480 e. The Morgan fingerprint density at radius 2 is 1.80 bits per heavy atom. The van der Waals surface area contributed by atoms with E-state index in [2.05, 4.69) is 24.5 Å². The number of hydrogen-bond donors (Lipinski definition) is 3. The molecule has 2 aliphatic carbocycles. The number of carbonyl (C=O) groups excluding carboxylic acids is 1. The first-order chi connectivity index (χ1) is 9.41. The fraction of sp³-hybridized carbons (Fsp3) is 0.867. The first-order valence-electron chi connectivity index (χ1n) is 7.71. The van der Waals surface area contributed by atoms with Crippen molar-refractivity contribution in [3.63, 3.8) is 0 Å². The van der Waals surface area contributed by atoms with Crippen molar-refractivity contribution in [2.45, 2.75) is 64.3 Å². The van der Waals surface area contributed by atoms with E-state index in [-0.39, 0.29) is 11.4 Å². The van der Waals surface area contributed by atoms with Crippen LogP contribution in [0.1, 0.15) is 58.8 Å². The minimum absolute atomic E-state index is 0.273. The van der Waals surface area contributed by atoms with Gasteiger partial charge in [0.2, 0.25) is 0 Å². The quantitative estimate of drug-likeness (QED) is 0.725. The number of hydrogen-bond acceptors (Lipinski definition) is 2. The lowest BCUT2D eigenvalue weighted by molar-refractivity contribution is -0.146. The van der Waals surface area contributed by atoms with Crippen LogP contribution in [0.3, 0.4) is 0 Å². The molecule has 2 amide bonds. The molecule has 0 spiro atoms. The van der Waals surface area contributed by atoms with Crippen LogP contribution in [0.5, 0.6) is 0 Å². The lowest BCUT2D eigenvalue weighted by Gasteiger charge is -2.36. The highest BCUT2D eigenvalue weighted by atomic mass is 16.4. The molecule has 2 saturated carbocycles. The lowest BCUT2D eigenvalue weighted by Crippen LogP contribution is -2.59. The molecule has 0 aromatic rings. The molecule has 0 heterocycles.